The molecule has 0 amide bonds. The van der Waals surface area contributed by atoms with Gasteiger partial charge < -0.3 is 20.3 Å². The van der Waals surface area contributed by atoms with Gasteiger partial charge in [0.2, 0.25) is 0 Å². The van der Waals surface area contributed by atoms with Crippen LogP contribution in [0.1, 0.15) is 31.7 Å². The largest absolute Gasteiger partial charge is 0.381 e. The van der Waals surface area contributed by atoms with Gasteiger partial charge in [0, 0.05) is 50.5 Å². The lowest BCUT2D eigenvalue weighted by molar-refractivity contribution is 0.0531. The van der Waals surface area contributed by atoms with E-state index in [2.05, 4.69) is 52.9 Å². The molecular formula is C24H32FN5O. The van der Waals surface area contributed by atoms with Gasteiger partial charge in [0.1, 0.15) is 0 Å². The van der Waals surface area contributed by atoms with Gasteiger partial charge >= 0.3 is 0 Å². The SMILES string of the molecule is CCNC(=NCC1(c2ccccc2)CCOCC1)NC1CCN(c2ncccc2F)C1. The van der Waals surface area contributed by atoms with Crippen molar-refractivity contribution in [3.05, 3.63) is 60.0 Å². The molecule has 4 rings (SSSR count). The van der Waals surface area contributed by atoms with E-state index in [0.717, 1.165) is 51.5 Å². The van der Waals surface area contributed by atoms with E-state index in [9.17, 15) is 4.39 Å². The average molecular weight is 426 g/mol. The van der Waals surface area contributed by atoms with E-state index in [0.29, 0.717) is 18.9 Å². The Labute approximate surface area is 183 Å². The fraction of sp³-hybridized carbons (Fsp3) is 0.500. The third-order valence-corrected chi connectivity index (χ3v) is 6.29. The topological polar surface area (TPSA) is 61.8 Å². The highest BCUT2D eigenvalue weighted by Gasteiger charge is 2.34. The van der Waals surface area contributed by atoms with Crippen LogP contribution in [0, 0.1) is 5.82 Å². The van der Waals surface area contributed by atoms with E-state index in [4.69, 9.17) is 9.73 Å². The Bertz CT molecular complexity index is 869. The van der Waals surface area contributed by atoms with Crippen molar-refractivity contribution in [2.75, 3.05) is 44.3 Å². The summed E-state index contributed by atoms with van der Waals surface area (Å²) >= 11 is 0. The molecule has 1 atom stereocenters. The molecule has 2 fully saturated rings. The van der Waals surface area contributed by atoms with Gasteiger partial charge in [-0.25, -0.2) is 9.37 Å². The highest BCUT2D eigenvalue weighted by atomic mass is 19.1. The molecule has 7 heteroatoms. The van der Waals surface area contributed by atoms with Crippen molar-refractivity contribution in [2.24, 2.45) is 4.99 Å². The molecule has 0 bridgehead atoms. The Hall–Kier alpha value is -2.67. The van der Waals surface area contributed by atoms with Crippen molar-refractivity contribution in [3.8, 4) is 0 Å². The Morgan fingerprint density at radius 3 is 2.77 bits per heavy atom. The minimum Gasteiger partial charge on any atom is -0.381 e. The molecule has 2 aliphatic rings. The van der Waals surface area contributed by atoms with Crippen molar-refractivity contribution in [1.29, 1.82) is 0 Å². The van der Waals surface area contributed by atoms with Gasteiger partial charge in [-0.15, -0.1) is 0 Å². The summed E-state index contributed by atoms with van der Waals surface area (Å²) in [4.78, 5) is 11.2. The van der Waals surface area contributed by atoms with Crippen LogP contribution >= 0.6 is 0 Å². The van der Waals surface area contributed by atoms with Crippen LogP contribution < -0.4 is 15.5 Å². The second kappa shape index (κ2) is 10.1. The number of hydrogen-bond acceptors (Lipinski definition) is 4. The third-order valence-electron chi connectivity index (χ3n) is 6.29. The average Bonchev–Trinajstić information content (AvgIpc) is 3.27. The maximum absolute atomic E-state index is 14.1. The fourth-order valence-corrected chi connectivity index (χ4v) is 4.52. The summed E-state index contributed by atoms with van der Waals surface area (Å²) in [6.07, 6.45) is 4.49. The number of guanidine groups is 1. The predicted octanol–water partition coefficient (Wildman–Crippen LogP) is 3.10. The number of aliphatic imine (C=N–C) groups is 1. The summed E-state index contributed by atoms with van der Waals surface area (Å²) in [7, 11) is 0. The Balaban J connectivity index is 1.45. The Morgan fingerprint density at radius 1 is 1.23 bits per heavy atom. The van der Waals surface area contributed by atoms with Gasteiger partial charge in [-0.1, -0.05) is 30.3 Å². The van der Waals surface area contributed by atoms with Crippen molar-refractivity contribution in [1.82, 2.24) is 15.6 Å². The smallest absolute Gasteiger partial charge is 0.191 e. The van der Waals surface area contributed by atoms with E-state index in [-0.39, 0.29) is 17.3 Å². The van der Waals surface area contributed by atoms with Crippen molar-refractivity contribution < 1.29 is 9.13 Å². The zero-order valence-electron chi connectivity index (χ0n) is 18.2. The maximum Gasteiger partial charge on any atom is 0.191 e. The van der Waals surface area contributed by atoms with Crippen LogP contribution in [0.3, 0.4) is 0 Å². The summed E-state index contributed by atoms with van der Waals surface area (Å²) in [5.74, 6) is 0.977. The van der Waals surface area contributed by atoms with Crippen LogP contribution in [0.5, 0.6) is 0 Å². The van der Waals surface area contributed by atoms with Crippen molar-refractivity contribution in [2.45, 2.75) is 37.6 Å². The second-order valence-corrected chi connectivity index (χ2v) is 8.34. The van der Waals surface area contributed by atoms with Gasteiger partial charge in [0.15, 0.2) is 17.6 Å². The number of nitrogens with zero attached hydrogens (tertiary/aromatic N) is 3. The number of nitrogens with one attached hydrogen (secondary N) is 2. The van der Waals surface area contributed by atoms with Gasteiger partial charge in [0.25, 0.3) is 0 Å². The molecule has 6 nitrogen and oxygen atoms in total. The molecule has 166 valence electrons. The first-order chi connectivity index (χ1) is 15.2. The summed E-state index contributed by atoms with van der Waals surface area (Å²) in [5.41, 5.74) is 1.33. The van der Waals surface area contributed by atoms with E-state index in [1.807, 2.05) is 4.90 Å². The molecule has 31 heavy (non-hydrogen) atoms. The molecule has 1 unspecified atom stereocenters. The molecule has 1 aromatic heterocycles. The molecule has 2 saturated heterocycles. The van der Waals surface area contributed by atoms with Crippen LogP contribution in [0.4, 0.5) is 10.2 Å². The van der Waals surface area contributed by atoms with Gasteiger partial charge in [-0.3, -0.25) is 4.99 Å². The van der Waals surface area contributed by atoms with Crippen LogP contribution in [0.2, 0.25) is 0 Å². The van der Waals surface area contributed by atoms with Gasteiger partial charge in [0.05, 0.1) is 6.54 Å². The minimum atomic E-state index is -0.270. The first kappa shape index (κ1) is 21.6. The normalized spacial score (nSPS) is 21.2. The summed E-state index contributed by atoms with van der Waals surface area (Å²) in [6, 6.07) is 14.0. The van der Waals surface area contributed by atoms with Gasteiger partial charge in [-0.2, -0.15) is 0 Å². The molecular weight excluding hydrogens is 393 g/mol. The summed E-state index contributed by atoms with van der Waals surface area (Å²) in [6.45, 7) is 6.58. The number of aromatic nitrogens is 1. The lowest BCUT2D eigenvalue weighted by Crippen LogP contribution is -2.46. The maximum atomic E-state index is 14.1. The summed E-state index contributed by atoms with van der Waals surface area (Å²) < 4.78 is 19.8. The van der Waals surface area contributed by atoms with Crippen molar-refractivity contribution >= 4 is 11.8 Å². The molecule has 1 aromatic carbocycles. The van der Waals surface area contributed by atoms with Crippen LogP contribution in [0.25, 0.3) is 0 Å². The molecule has 0 aliphatic carbocycles. The molecule has 2 N–H and O–H groups in total. The van der Waals surface area contributed by atoms with Gasteiger partial charge in [-0.05, 0) is 43.9 Å². The Kier molecular flexibility index (Phi) is 7.02. The minimum absolute atomic E-state index is 0.000655. The molecule has 0 saturated carbocycles. The number of rotatable bonds is 6. The van der Waals surface area contributed by atoms with E-state index in [1.165, 1.54) is 11.6 Å². The van der Waals surface area contributed by atoms with E-state index >= 15 is 0 Å². The van der Waals surface area contributed by atoms with Crippen LogP contribution in [-0.2, 0) is 10.2 Å². The van der Waals surface area contributed by atoms with E-state index in [1.54, 1.807) is 12.3 Å². The number of anilines is 1. The van der Waals surface area contributed by atoms with Crippen LogP contribution in [0.15, 0.2) is 53.7 Å². The molecule has 2 aliphatic heterocycles. The highest BCUT2D eigenvalue weighted by molar-refractivity contribution is 5.80. The lowest BCUT2D eigenvalue weighted by Gasteiger charge is -2.36. The molecule has 2 aromatic rings. The third kappa shape index (κ3) is 5.15. The number of halogens is 1. The fourth-order valence-electron chi connectivity index (χ4n) is 4.52. The lowest BCUT2D eigenvalue weighted by atomic mass is 9.74. The number of benzene rings is 1. The first-order valence-corrected chi connectivity index (χ1v) is 11.2. The molecule has 3 heterocycles. The zero-order chi connectivity index (χ0) is 21.5. The number of pyridine rings is 1. The first-order valence-electron chi connectivity index (χ1n) is 11.2. The quantitative estimate of drug-likeness (QED) is 0.550. The Morgan fingerprint density at radius 2 is 2.03 bits per heavy atom. The van der Waals surface area contributed by atoms with Crippen molar-refractivity contribution in [3.63, 3.8) is 0 Å². The number of hydrogen-bond donors (Lipinski definition) is 2. The molecule has 0 radical (unpaired) electrons. The highest BCUT2D eigenvalue weighted by Crippen LogP contribution is 2.35. The predicted molar refractivity (Wildman–Crippen MR) is 122 cm³/mol. The van der Waals surface area contributed by atoms with Crippen LogP contribution in [-0.4, -0.2) is 56.4 Å². The summed E-state index contributed by atoms with van der Waals surface area (Å²) in [5, 5.41) is 6.94. The zero-order valence-corrected chi connectivity index (χ0v) is 18.2. The monoisotopic (exact) mass is 425 g/mol. The standard InChI is InChI=1S/C24H32FN5O/c1-2-26-23(29-20-10-14-30(17-20)22-21(25)9-6-13-27-22)28-18-24(11-15-31-16-12-24)19-7-4-3-5-8-19/h3-9,13,20H,2,10-12,14-18H2,1H3,(H2,26,28,29). The second-order valence-electron chi connectivity index (χ2n) is 8.34. The number of ether oxygens (including phenoxy) is 1. The molecule has 0 spiro atoms. The van der Waals surface area contributed by atoms with E-state index < -0.39 is 0 Å².